The predicted molar refractivity (Wildman–Crippen MR) is 119 cm³/mol. The van der Waals surface area contributed by atoms with Gasteiger partial charge in [-0.3, -0.25) is 0 Å². The zero-order valence-corrected chi connectivity index (χ0v) is 18.9. The monoisotopic (exact) mass is 454 g/mol. The largest absolute Gasteiger partial charge is 0.493 e. The highest BCUT2D eigenvalue weighted by Gasteiger charge is 2.32. The smallest absolute Gasteiger partial charge is 0.338 e. The number of carbonyl (C=O) groups is 3. The van der Waals surface area contributed by atoms with E-state index in [9.17, 15) is 14.4 Å². The van der Waals surface area contributed by atoms with Crippen molar-refractivity contribution in [3.05, 3.63) is 70.4 Å². The lowest BCUT2D eigenvalue weighted by Gasteiger charge is -2.28. The normalized spacial score (nSPS) is 15.3. The Kier molecular flexibility index (Phi) is 7.55. The third-order valence-electron chi connectivity index (χ3n) is 5.05. The van der Waals surface area contributed by atoms with Gasteiger partial charge in [0.2, 0.25) is 0 Å². The van der Waals surface area contributed by atoms with Crippen molar-refractivity contribution in [1.29, 1.82) is 0 Å². The lowest BCUT2D eigenvalue weighted by atomic mass is 9.95. The van der Waals surface area contributed by atoms with Crippen molar-refractivity contribution in [2.24, 2.45) is 0 Å². The molecular formula is C24H26N2O7. The number of methoxy groups -OCH3 is 2. The number of urea groups is 1. The molecule has 9 nitrogen and oxygen atoms in total. The van der Waals surface area contributed by atoms with E-state index in [4.69, 9.17) is 18.9 Å². The van der Waals surface area contributed by atoms with E-state index in [0.29, 0.717) is 33.9 Å². The maximum atomic E-state index is 12.5. The van der Waals surface area contributed by atoms with E-state index in [1.807, 2.05) is 0 Å². The van der Waals surface area contributed by atoms with Crippen molar-refractivity contribution in [3.63, 3.8) is 0 Å². The first-order valence-electron chi connectivity index (χ1n) is 10.3. The second-order valence-electron chi connectivity index (χ2n) is 7.18. The first kappa shape index (κ1) is 23.6. The van der Waals surface area contributed by atoms with Crippen molar-refractivity contribution in [2.45, 2.75) is 26.5 Å². The molecule has 2 amide bonds. The molecule has 0 fully saturated rings. The van der Waals surface area contributed by atoms with Crippen LogP contribution in [0.15, 0.2) is 53.7 Å². The van der Waals surface area contributed by atoms with Crippen molar-refractivity contribution in [1.82, 2.24) is 10.6 Å². The summed E-state index contributed by atoms with van der Waals surface area (Å²) in [5.41, 5.74) is 2.68. The van der Waals surface area contributed by atoms with E-state index in [1.165, 1.54) is 14.2 Å². The first-order chi connectivity index (χ1) is 15.9. The molecular weight excluding hydrogens is 428 g/mol. The van der Waals surface area contributed by atoms with Crippen LogP contribution in [0.3, 0.4) is 0 Å². The standard InChI is InChI=1S/C24H26N2O7/c1-5-32-23(28)20-14(2)25-24(29)26-21(20)17-10-11-18(19(12-17)30-3)33-13-15-6-8-16(9-7-15)22(27)31-4/h6-12,21H,5,13H2,1-4H3,(H2,25,26,29)/t21-/m1/s1. The highest BCUT2D eigenvalue weighted by Crippen LogP contribution is 2.35. The summed E-state index contributed by atoms with van der Waals surface area (Å²) in [6.07, 6.45) is 0. The Morgan fingerprint density at radius 2 is 1.73 bits per heavy atom. The van der Waals surface area contributed by atoms with Gasteiger partial charge in [-0.2, -0.15) is 0 Å². The molecule has 0 bridgehead atoms. The molecule has 33 heavy (non-hydrogen) atoms. The van der Waals surface area contributed by atoms with Gasteiger partial charge in [0.1, 0.15) is 6.61 Å². The van der Waals surface area contributed by atoms with Crippen LogP contribution in [0.2, 0.25) is 0 Å². The molecule has 0 saturated heterocycles. The topological polar surface area (TPSA) is 112 Å². The number of hydrogen-bond donors (Lipinski definition) is 2. The van der Waals surface area contributed by atoms with Gasteiger partial charge in [-0.1, -0.05) is 18.2 Å². The molecule has 9 heteroatoms. The summed E-state index contributed by atoms with van der Waals surface area (Å²) in [7, 11) is 2.84. The van der Waals surface area contributed by atoms with Crippen LogP contribution in [0.1, 0.15) is 41.4 Å². The Labute approximate surface area is 191 Å². The lowest BCUT2D eigenvalue weighted by molar-refractivity contribution is -0.139. The average Bonchev–Trinajstić information content (AvgIpc) is 2.82. The zero-order chi connectivity index (χ0) is 24.0. The minimum Gasteiger partial charge on any atom is -0.493 e. The Morgan fingerprint density at radius 3 is 2.36 bits per heavy atom. The summed E-state index contributed by atoms with van der Waals surface area (Å²) in [4.78, 5) is 36.1. The third-order valence-corrected chi connectivity index (χ3v) is 5.05. The summed E-state index contributed by atoms with van der Waals surface area (Å²) < 4.78 is 21.2. The van der Waals surface area contributed by atoms with E-state index >= 15 is 0 Å². The van der Waals surface area contributed by atoms with Crippen molar-refractivity contribution in [2.75, 3.05) is 20.8 Å². The summed E-state index contributed by atoms with van der Waals surface area (Å²) in [6, 6.07) is 10.9. The van der Waals surface area contributed by atoms with Gasteiger partial charge < -0.3 is 29.6 Å². The molecule has 2 aromatic carbocycles. The number of ether oxygens (including phenoxy) is 4. The maximum absolute atomic E-state index is 12.5. The second kappa shape index (κ2) is 10.5. The SMILES string of the molecule is CCOC(=O)C1=C(C)NC(=O)N[C@@H]1c1ccc(OCc2ccc(C(=O)OC)cc2)c(OC)c1. The Bertz CT molecular complexity index is 1080. The van der Waals surface area contributed by atoms with E-state index in [2.05, 4.69) is 10.6 Å². The molecule has 0 spiro atoms. The third kappa shape index (κ3) is 5.43. The van der Waals surface area contributed by atoms with Gasteiger partial charge in [0.25, 0.3) is 0 Å². The molecule has 1 aliphatic heterocycles. The number of carbonyl (C=O) groups excluding carboxylic acids is 3. The zero-order valence-electron chi connectivity index (χ0n) is 18.9. The molecule has 0 aromatic heterocycles. The van der Waals surface area contributed by atoms with Crippen LogP contribution in [0.5, 0.6) is 11.5 Å². The summed E-state index contributed by atoms with van der Waals surface area (Å²) in [5, 5.41) is 5.36. The molecule has 0 saturated carbocycles. The molecule has 1 atom stereocenters. The first-order valence-corrected chi connectivity index (χ1v) is 10.3. The van der Waals surface area contributed by atoms with Crippen molar-refractivity contribution >= 4 is 18.0 Å². The van der Waals surface area contributed by atoms with Gasteiger partial charge in [-0.05, 0) is 49.2 Å². The van der Waals surface area contributed by atoms with E-state index in [-0.39, 0.29) is 13.2 Å². The minimum atomic E-state index is -0.702. The van der Waals surface area contributed by atoms with E-state index in [1.54, 1.807) is 56.3 Å². The molecule has 0 unspecified atom stereocenters. The number of benzene rings is 2. The summed E-state index contributed by atoms with van der Waals surface area (Å²) in [6.45, 7) is 3.83. The van der Waals surface area contributed by atoms with Crippen LogP contribution in [-0.2, 0) is 20.9 Å². The van der Waals surface area contributed by atoms with Gasteiger partial charge in [0, 0.05) is 5.70 Å². The molecule has 0 radical (unpaired) electrons. The fourth-order valence-electron chi connectivity index (χ4n) is 3.42. The molecule has 2 aromatic rings. The Morgan fingerprint density at radius 1 is 1.00 bits per heavy atom. The summed E-state index contributed by atoms with van der Waals surface area (Å²) >= 11 is 0. The predicted octanol–water partition coefficient (Wildman–Crippen LogP) is 3.25. The molecule has 1 heterocycles. The van der Waals surface area contributed by atoms with Gasteiger partial charge >= 0.3 is 18.0 Å². The Balaban J connectivity index is 1.81. The van der Waals surface area contributed by atoms with Crippen molar-refractivity contribution < 1.29 is 33.3 Å². The average molecular weight is 454 g/mol. The number of esters is 2. The fraction of sp³-hybridized carbons (Fsp3) is 0.292. The lowest BCUT2D eigenvalue weighted by Crippen LogP contribution is -2.45. The highest BCUT2D eigenvalue weighted by molar-refractivity contribution is 5.95. The number of nitrogens with one attached hydrogen (secondary N) is 2. The number of allylic oxidation sites excluding steroid dienone is 1. The van der Waals surface area contributed by atoms with Crippen LogP contribution < -0.4 is 20.1 Å². The van der Waals surface area contributed by atoms with Crippen LogP contribution in [0.4, 0.5) is 4.79 Å². The second-order valence-corrected chi connectivity index (χ2v) is 7.18. The van der Waals surface area contributed by atoms with Gasteiger partial charge in [0.05, 0.1) is 38.0 Å². The van der Waals surface area contributed by atoms with Gasteiger partial charge in [0.15, 0.2) is 11.5 Å². The molecule has 3 rings (SSSR count). The van der Waals surface area contributed by atoms with Crippen LogP contribution in [0, 0.1) is 0 Å². The van der Waals surface area contributed by atoms with Crippen LogP contribution >= 0.6 is 0 Å². The van der Waals surface area contributed by atoms with Gasteiger partial charge in [-0.25, -0.2) is 14.4 Å². The molecule has 0 aliphatic carbocycles. The van der Waals surface area contributed by atoms with E-state index < -0.39 is 24.0 Å². The minimum absolute atomic E-state index is 0.215. The fourth-order valence-corrected chi connectivity index (χ4v) is 3.42. The number of hydrogen-bond acceptors (Lipinski definition) is 7. The van der Waals surface area contributed by atoms with E-state index in [0.717, 1.165) is 5.56 Å². The summed E-state index contributed by atoms with van der Waals surface area (Å²) in [5.74, 6) is 0.00247. The molecule has 2 N–H and O–H groups in total. The van der Waals surface area contributed by atoms with Gasteiger partial charge in [-0.15, -0.1) is 0 Å². The highest BCUT2D eigenvalue weighted by atomic mass is 16.5. The van der Waals surface area contributed by atoms with Crippen molar-refractivity contribution in [3.8, 4) is 11.5 Å². The molecule has 174 valence electrons. The quantitative estimate of drug-likeness (QED) is 0.589. The van der Waals surface area contributed by atoms with Crippen LogP contribution in [-0.4, -0.2) is 38.8 Å². The molecule has 1 aliphatic rings. The maximum Gasteiger partial charge on any atom is 0.338 e. The number of amides is 2. The van der Waals surface area contributed by atoms with Crippen LogP contribution in [0.25, 0.3) is 0 Å². The number of rotatable bonds is 8. The Hall–Kier alpha value is -4.01.